The van der Waals surface area contributed by atoms with Gasteiger partial charge in [0.1, 0.15) is 17.6 Å². The van der Waals surface area contributed by atoms with Crippen LogP contribution in [0.25, 0.3) is 11.0 Å². The summed E-state index contributed by atoms with van der Waals surface area (Å²) in [5.74, 6) is 1.08. The Kier molecular flexibility index (Phi) is 3.15. The lowest BCUT2D eigenvalue weighted by molar-refractivity contribution is 0.259. The highest BCUT2D eigenvalue weighted by atomic mass is 16.5. The molecule has 0 atom stereocenters. The van der Waals surface area contributed by atoms with Gasteiger partial charge in [-0.2, -0.15) is 4.98 Å². The molecule has 7 nitrogen and oxygen atoms in total. The van der Waals surface area contributed by atoms with E-state index in [1.165, 1.54) is 6.33 Å². The molecule has 2 amide bonds. The fourth-order valence-corrected chi connectivity index (χ4v) is 2.02. The summed E-state index contributed by atoms with van der Waals surface area (Å²) in [4.78, 5) is 19.1. The maximum atomic E-state index is 10.8. The number of amides is 2. The lowest BCUT2D eigenvalue weighted by atomic mass is 10.3. The summed E-state index contributed by atoms with van der Waals surface area (Å²) in [7, 11) is 1.90. The summed E-state index contributed by atoms with van der Waals surface area (Å²) in [6.45, 7) is 0. The number of rotatable bonds is 3. The first-order chi connectivity index (χ1) is 10.1. The van der Waals surface area contributed by atoms with Gasteiger partial charge in [0.2, 0.25) is 5.88 Å². The van der Waals surface area contributed by atoms with Crippen molar-refractivity contribution >= 4 is 22.8 Å². The summed E-state index contributed by atoms with van der Waals surface area (Å²) in [6.07, 6.45) is 3.35. The van der Waals surface area contributed by atoms with Crippen LogP contribution < -0.4 is 15.8 Å². The number of aromatic nitrogens is 3. The second-order valence-corrected chi connectivity index (χ2v) is 4.46. The Labute approximate surface area is 120 Å². The molecule has 0 spiro atoms. The highest BCUT2D eigenvalue weighted by Crippen LogP contribution is 2.27. The summed E-state index contributed by atoms with van der Waals surface area (Å²) >= 11 is 0. The third-order valence-corrected chi connectivity index (χ3v) is 2.96. The van der Waals surface area contributed by atoms with E-state index in [9.17, 15) is 4.79 Å². The van der Waals surface area contributed by atoms with Crippen LogP contribution in [0.1, 0.15) is 0 Å². The van der Waals surface area contributed by atoms with Gasteiger partial charge in [-0.25, -0.2) is 9.78 Å². The van der Waals surface area contributed by atoms with Crippen molar-refractivity contribution in [3.8, 4) is 11.6 Å². The Morgan fingerprint density at radius 2 is 2.00 bits per heavy atom. The third-order valence-electron chi connectivity index (χ3n) is 2.96. The molecule has 3 rings (SSSR count). The fraction of sp³-hybridized carbons (Fsp3) is 0.0714. The van der Waals surface area contributed by atoms with Gasteiger partial charge in [0, 0.05) is 18.9 Å². The normalized spacial score (nSPS) is 10.5. The Balaban J connectivity index is 1.88. The zero-order chi connectivity index (χ0) is 14.8. The number of hydrogen-bond donors (Lipinski definition) is 2. The van der Waals surface area contributed by atoms with Gasteiger partial charge in [0.25, 0.3) is 0 Å². The number of aryl methyl sites for hydroxylation is 1. The number of hydrogen-bond acceptors (Lipinski definition) is 4. The van der Waals surface area contributed by atoms with Crippen LogP contribution in [0.2, 0.25) is 0 Å². The molecule has 0 aliphatic carbocycles. The monoisotopic (exact) mass is 283 g/mol. The standard InChI is InChI=1S/C14H13N5O2/c1-19-7-6-11-12(19)13(17-8-16-11)21-10-4-2-9(3-5-10)18-14(15)20/h2-8H,1H3,(H3,15,18,20). The van der Waals surface area contributed by atoms with Crippen molar-refractivity contribution in [2.24, 2.45) is 12.8 Å². The molecule has 1 aromatic carbocycles. The number of fused-ring (bicyclic) bond motifs is 1. The zero-order valence-electron chi connectivity index (χ0n) is 11.3. The molecule has 7 heteroatoms. The SMILES string of the molecule is Cn1ccc2ncnc(Oc3ccc(NC(N)=O)cc3)c21. The summed E-state index contributed by atoms with van der Waals surface area (Å²) < 4.78 is 7.67. The quantitative estimate of drug-likeness (QED) is 0.770. The molecule has 2 aromatic heterocycles. The van der Waals surface area contributed by atoms with E-state index >= 15 is 0 Å². The molecule has 0 fully saturated rings. The van der Waals surface area contributed by atoms with Crippen LogP contribution in [0.5, 0.6) is 11.6 Å². The van der Waals surface area contributed by atoms with Crippen LogP contribution >= 0.6 is 0 Å². The number of anilines is 1. The predicted octanol–water partition coefficient (Wildman–Crippen LogP) is 2.25. The van der Waals surface area contributed by atoms with Gasteiger partial charge in [-0.1, -0.05) is 0 Å². The van der Waals surface area contributed by atoms with E-state index in [-0.39, 0.29) is 0 Å². The molecule has 0 unspecified atom stereocenters. The van der Waals surface area contributed by atoms with E-state index in [0.29, 0.717) is 17.3 Å². The van der Waals surface area contributed by atoms with E-state index in [1.807, 2.05) is 23.9 Å². The Bertz CT molecular complexity index is 795. The van der Waals surface area contributed by atoms with Gasteiger partial charge in [-0.3, -0.25) is 0 Å². The zero-order valence-corrected chi connectivity index (χ0v) is 11.3. The summed E-state index contributed by atoms with van der Waals surface area (Å²) in [6, 6.07) is 8.13. The van der Waals surface area contributed by atoms with Crippen molar-refractivity contribution in [1.29, 1.82) is 0 Å². The molecule has 0 aliphatic rings. The van der Waals surface area contributed by atoms with Gasteiger partial charge >= 0.3 is 6.03 Å². The van der Waals surface area contributed by atoms with Crippen molar-refractivity contribution in [2.45, 2.75) is 0 Å². The number of carbonyl (C=O) groups is 1. The smallest absolute Gasteiger partial charge is 0.316 e. The van der Waals surface area contributed by atoms with Crippen LogP contribution in [-0.4, -0.2) is 20.6 Å². The largest absolute Gasteiger partial charge is 0.437 e. The molecule has 0 bridgehead atoms. The first kappa shape index (κ1) is 12.9. The van der Waals surface area contributed by atoms with Gasteiger partial charge in [0.05, 0.1) is 5.52 Å². The molecule has 3 aromatic rings. The van der Waals surface area contributed by atoms with E-state index < -0.39 is 6.03 Å². The Morgan fingerprint density at radius 3 is 2.71 bits per heavy atom. The maximum Gasteiger partial charge on any atom is 0.316 e. The highest BCUT2D eigenvalue weighted by molar-refractivity contribution is 5.87. The number of ether oxygens (including phenoxy) is 1. The first-order valence-electron chi connectivity index (χ1n) is 6.24. The van der Waals surface area contributed by atoms with Gasteiger partial charge in [0.15, 0.2) is 0 Å². The molecule has 0 saturated carbocycles. The van der Waals surface area contributed by atoms with E-state index in [4.69, 9.17) is 10.5 Å². The average Bonchev–Trinajstić information content (AvgIpc) is 2.83. The molecular weight excluding hydrogens is 270 g/mol. The number of carbonyl (C=O) groups excluding carboxylic acids is 1. The fourth-order valence-electron chi connectivity index (χ4n) is 2.02. The topological polar surface area (TPSA) is 95.1 Å². The molecule has 106 valence electrons. The Hall–Kier alpha value is -3.09. The van der Waals surface area contributed by atoms with Crippen LogP contribution in [0, 0.1) is 0 Å². The summed E-state index contributed by atoms with van der Waals surface area (Å²) in [5, 5.41) is 2.48. The van der Waals surface area contributed by atoms with E-state index in [0.717, 1.165) is 11.0 Å². The van der Waals surface area contributed by atoms with Crippen molar-refractivity contribution in [2.75, 3.05) is 5.32 Å². The van der Waals surface area contributed by atoms with Gasteiger partial charge in [-0.15, -0.1) is 0 Å². The lowest BCUT2D eigenvalue weighted by Crippen LogP contribution is -2.19. The second-order valence-electron chi connectivity index (χ2n) is 4.46. The number of nitrogens with one attached hydrogen (secondary N) is 1. The van der Waals surface area contributed by atoms with E-state index in [2.05, 4.69) is 15.3 Å². The number of benzene rings is 1. The highest BCUT2D eigenvalue weighted by Gasteiger charge is 2.09. The minimum atomic E-state index is -0.606. The minimum Gasteiger partial charge on any atom is -0.437 e. The number of urea groups is 1. The van der Waals surface area contributed by atoms with Crippen LogP contribution in [0.4, 0.5) is 10.5 Å². The van der Waals surface area contributed by atoms with Crippen molar-refractivity contribution in [1.82, 2.24) is 14.5 Å². The molecular formula is C14H13N5O2. The molecule has 3 N–H and O–H groups in total. The number of nitrogens with zero attached hydrogens (tertiary/aromatic N) is 3. The second kappa shape index (κ2) is 5.12. The number of primary amides is 1. The molecule has 0 aliphatic heterocycles. The minimum absolute atomic E-state index is 0.475. The predicted molar refractivity (Wildman–Crippen MR) is 78.2 cm³/mol. The van der Waals surface area contributed by atoms with Crippen molar-refractivity contribution in [3.63, 3.8) is 0 Å². The third kappa shape index (κ3) is 2.62. The Morgan fingerprint density at radius 1 is 1.24 bits per heavy atom. The van der Waals surface area contributed by atoms with Gasteiger partial charge < -0.3 is 20.4 Å². The molecule has 2 heterocycles. The van der Waals surface area contributed by atoms with Crippen LogP contribution in [0.3, 0.4) is 0 Å². The lowest BCUT2D eigenvalue weighted by Gasteiger charge is -2.08. The van der Waals surface area contributed by atoms with Crippen LogP contribution in [-0.2, 0) is 7.05 Å². The van der Waals surface area contributed by atoms with Crippen LogP contribution in [0.15, 0.2) is 42.9 Å². The average molecular weight is 283 g/mol. The van der Waals surface area contributed by atoms with Crippen molar-refractivity contribution < 1.29 is 9.53 Å². The molecule has 21 heavy (non-hydrogen) atoms. The maximum absolute atomic E-state index is 10.8. The molecule has 0 saturated heterocycles. The van der Waals surface area contributed by atoms with E-state index in [1.54, 1.807) is 24.3 Å². The summed E-state index contributed by atoms with van der Waals surface area (Å²) in [5.41, 5.74) is 7.28. The first-order valence-corrected chi connectivity index (χ1v) is 6.24. The molecule has 0 radical (unpaired) electrons. The van der Waals surface area contributed by atoms with Crippen molar-refractivity contribution in [3.05, 3.63) is 42.9 Å². The van der Waals surface area contributed by atoms with Gasteiger partial charge in [-0.05, 0) is 30.3 Å². The number of nitrogens with two attached hydrogens (primary N) is 1.